The van der Waals surface area contributed by atoms with Gasteiger partial charge in [0.15, 0.2) is 17.5 Å². The van der Waals surface area contributed by atoms with Crippen molar-refractivity contribution in [2.45, 2.75) is 0 Å². The van der Waals surface area contributed by atoms with E-state index in [0.29, 0.717) is 17.5 Å². The van der Waals surface area contributed by atoms with Crippen LogP contribution >= 0.6 is 0 Å². The van der Waals surface area contributed by atoms with Crippen LogP contribution in [0, 0.1) is 0 Å². The first kappa shape index (κ1) is 31.9. The van der Waals surface area contributed by atoms with Gasteiger partial charge in [0.1, 0.15) is 11.2 Å². The zero-order valence-electron chi connectivity index (χ0n) is 30.2. The van der Waals surface area contributed by atoms with Crippen molar-refractivity contribution in [2.24, 2.45) is 0 Å². The predicted molar refractivity (Wildman–Crippen MR) is 229 cm³/mol. The van der Waals surface area contributed by atoms with Gasteiger partial charge in [-0.2, -0.15) is 0 Å². The summed E-state index contributed by atoms with van der Waals surface area (Å²) >= 11 is 0. The lowest BCUT2D eigenvalue weighted by atomic mass is 9.91. The minimum Gasteiger partial charge on any atom is -0.456 e. The van der Waals surface area contributed by atoms with E-state index >= 15 is 0 Å². The SMILES string of the molecule is c1ccc(-c2ccccc2-c2ccccc2-c2nc(-c3ccc4oc5ccccc5c4c3)nc(-c3cccc4c5ccccc5n(-c5ccccc5)c34)n2)cc1. The summed E-state index contributed by atoms with van der Waals surface area (Å²) in [7, 11) is 0. The fourth-order valence-corrected chi connectivity index (χ4v) is 8.16. The van der Waals surface area contributed by atoms with Crippen molar-refractivity contribution >= 4 is 43.7 Å². The molecule has 5 heteroatoms. The Labute approximate surface area is 322 Å². The van der Waals surface area contributed by atoms with Crippen LogP contribution in [0.4, 0.5) is 0 Å². The highest BCUT2D eigenvalue weighted by Crippen LogP contribution is 2.41. The number of furan rings is 1. The minimum atomic E-state index is 0.586. The van der Waals surface area contributed by atoms with E-state index in [4.69, 9.17) is 19.4 Å². The first-order valence-electron chi connectivity index (χ1n) is 18.8. The Morgan fingerprint density at radius 3 is 1.70 bits per heavy atom. The average molecular weight is 717 g/mol. The summed E-state index contributed by atoms with van der Waals surface area (Å²) in [4.78, 5) is 16.0. The first-order chi connectivity index (χ1) is 27.8. The molecule has 0 aliphatic carbocycles. The molecule has 262 valence electrons. The lowest BCUT2D eigenvalue weighted by Gasteiger charge is -2.16. The van der Waals surface area contributed by atoms with Crippen LogP contribution in [0.1, 0.15) is 0 Å². The molecule has 11 aromatic rings. The molecule has 3 aromatic heterocycles. The van der Waals surface area contributed by atoms with Gasteiger partial charge in [-0.25, -0.2) is 15.0 Å². The fraction of sp³-hybridized carbons (Fsp3) is 0. The summed E-state index contributed by atoms with van der Waals surface area (Å²) in [5.41, 5.74) is 12.1. The standard InChI is InChI=1S/C51H32N4O/c1-3-16-33(17-4-1)36-20-7-8-21-37(36)38-22-9-10-25-42(38)50-52-49(34-30-31-47-44(32-34)40-24-12-14-29-46(40)56-47)53-51(54-50)43-27-15-26-41-39-23-11-13-28-45(39)55(48(41)43)35-18-5-2-6-19-35/h1-32H. The van der Waals surface area contributed by atoms with Gasteiger partial charge < -0.3 is 8.98 Å². The number of fused-ring (bicyclic) bond motifs is 6. The predicted octanol–water partition coefficient (Wildman–Crippen LogP) is 13.2. The number of hydrogen-bond donors (Lipinski definition) is 0. The van der Waals surface area contributed by atoms with E-state index in [1.807, 2.05) is 30.3 Å². The van der Waals surface area contributed by atoms with Crippen LogP contribution in [0.5, 0.6) is 0 Å². The van der Waals surface area contributed by atoms with Gasteiger partial charge in [0.05, 0.1) is 11.0 Å². The number of aromatic nitrogens is 4. The molecule has 11 rings (SSSR count). The van der Waals surface area contributed by atoms with Crippen molar-refractivity contribution in [3.05, 3.63) is 194 Å². The van der Waals surface area contributed by atoms with Crippen LogP contribution in [0.15, 0.2) is 199 Å². The first-order valence-corrected chi connectivity index (χ1v) is 18.8. The molecule has 56 heavy (non-hydrogen) atoms. The molecule has 0 spiro atoms. The molecule has 0 aliphatic heterocycles. The van der Waals surface area contributed by atoms with Gasteiger partial charge >= 0.3 is 0 Å². The summed E-state index contributed by atoms with van der Waals surface area (Å²) < 4.78 is 8.55. The van der Waals surface area contributed by atoms with Crippen LogP contribution in [0.25, 0.3) is 106 Å². The maximum Gasteiger partial charge on any atom is 0.166 e. The second-order valence-corrected chi connectivity index (χ2v) is 14.0. The molecule has 0 saturated heterocycles. The fourth-order valence-electron chi connectivity index (χ4n) is 8.16. The van der Waals surface area contributed by atoms with E-state index in [2.05, 4.69) is 168 Å². The lowest BCUT2D eigenvalue weighted by Crippen LogP contribution is -2.03. The number of rotatable bonds is 6. The summed E-state index contributed by atoms with van der Waals surface area (Å²) in [6.07, 6.45) is 0. The van der Waals surface area contributed by atoms with Gasteiger partial charge in [0, 0.05) is 43.9 Å². The van der Waals surface area contributed by atoms with Crippen LogP contribution in [0.2, 0.25) is 0 Å². The third-order valence-electron chi connectivity index (χ3n) is 10.7. The molecule has 0 N–H and O–H groups in total. The summed E-state index contributed by atoms with van der Waals surface area (Å²) in [6, 6.07) is 67.4. The monoisotopic (exact) mass is 716 g/mol. The number of para-hydroxylation sites is 4. The largest absolute Gasteiger partial charge is 0.456 e. The maximum absolute atomic E-state index is 6.22. The van der Waals surface area contributed by atoms with Crippen molar-refractivity contribution in [3.8, 4) is 62.1 Å². The Morgan fingerprint density at radius 2 is 0.893 bits per heavy atom. The normalized spacial score (nSPS) is 11.6. The second-order valence-electron chi connectivity index (χ2n) is 14.0. The van der Waals surface area contributed by atoms with E-state index in [9.17, 15) is 0 Å². The van der Waals surface area contributed by atoms with E-state index in [-0.39, 0.29) is 0 Å². The van der Waals surface area contributed by atoms with E-state index in [1.165, 1.54) is 5.39 Å². The zero-order valence-corrected chi connectivity index (χ0v) is 30.2. The Bertz CT molecular complexity index is 3250. The van der Waals surface area contributed by atoms with Crippen molar-refractivity contribution in [1.29, 1.82) is 0 Å². The Hall–Kier alpha value is -7.63. The van der Waals surface area contributed by atoms with Gasteiger partial charge in [-0.1, -0.05) is 146 Å². The van der Waals surface area contributed by atoms with Crippen molar-refractivity contribution in [1.82, 2.24) is 19.5 Å². The molecule has 0 atom stereocenters. The molecular weight excluding hydrogens is 685 g/mol. The lowest BCUT2D eigenvalue weighted by molar-refractivity contribution is 0.669. The smallest absolute Gasteiger partial charge is 0.166 e. The molecule has 0 amide bonds. The highest BCUT2D eigenvalue weighted by atomic mass is 16.3. The Kier molecular flexibility index (Phi) is 7.42. The summed E-state index contributed by atoms with van der Waals surface area (Å²) in [5, 5.41) is 4.38. The highest BCUT2D eigenvalue weighted by molar-refractivity contribution is 6.13. The van der Waals surface area contributed by atoms with E-state index in [1.54, 1.807) is 0 Å². The Morgan fingerprint density at radius 1 is 0.339 bits per heavy atom. The van der Waals surface area contributed by atoms with Crippen LogP contribution in [0.3, 0.4) is 0 Å². The van der Waals surface area contributed by atoms with Crippen LogP contribution in [-0.4, -0.2) is 19.5 Å². The highest BCUT2D eigenvalue weighted by Gasteiger charge is 2.22. The van der Waals surface area contributed by atoms with E-state index < -0.39 is 0 Å². The molecular formula is C51H32N4O. The van der Waals surface area contributed by atoms with Gasteiger partial charge in [0.25, 0.3) is 0 Å². The quantitative estimate of drug-likeness (QED) is 0.172. The molecule has 8 aromatic carbocycles. The molecule has 0 aliphatic rings. The van der Waals surface area contributed by atoms with E-state index in [0.717, 1.165) is 83.0 Å². The molecule has 0 bridgehead atoms. The Balaban J connectivity index is 1.20. The van der Waals surface area contributed by atoms with Crippen molar-refractivity contribution in [3.63, 3.8) is 0 Å². The van der Waals surface area contributed by atoms with Gasteiger partial charge in [-0.05, 0) is 70.8 Å². The molecule has 0 fully saturated rings. The maximum atomic E-state index is 6.22. The van der Waals surface area contributed by atoms with Crippen molar-refractivity contribution < 1.29 is 4.42 Å². The summed E-state index contributed by atoms with van der Waals surface area (Å²) in [6.45, 7) is 0. The second kappa shape index (κ2) is 13.0. The summed E-state index contributed by atoms with van der Waals surface area (Å²) in [5.74, 6) is 1.78. The molecule has 0 radical (unpaired) electrons. The molecule has 0 saturated carbocycles. The molecule has 3 heterocycles. The third kappa shape index (κ3) is 5.21. The average Bonchev–Trinajstić information content (AvgIpc) is 3.82. The van der Waals surface area contributed by atoms with Crippen LogP contribution < -0.4 is 0 Å². The number of nitrogens with zero attached hydrogens (tertiary/aromatic N) is 4. The minimum absolute atomic E-state index is 0.586. The zero-order chi connectivity index (χ0) is 37.0. The van der Waals surface area contributed by atoms with Crippen molar-refractivity contribution in [2.75, 3.05) is 0 Å². The van der Waals surface area contributed by atoms with Crippen LogP contribution in [-0.2, 0) is 0 Å². The van der Waals surface area contributed by atoms with Gasteiger partial charge in [0.2, 0.25) is 0 Å². The van der Waals surface area contributed by atoms with Gasteiger partial charge in [-0.15, -0.1) is 0 Å². The molecule has 5 nitrogen and oxygen atoms in total. The topological polar surface area (TPSA) is 56.7 Å². The third-order valence-corrected chi connectivity index (χ3v) is 10.7. The number of hydrogen-bond acceptors (Lipinski definition) is 4. The number of benzene rings is 8. The molecule has 0 unspecified atom stereocenters. The van der Waals surface area contributed by atoms with Gasteiger partial charge in [-0.3, -0.25) is 0 Å².